The molecule has 0 bridgehead atoms. The van der Waals surface area contributed by atoms with Gasteiger partial charge in [-0.05, 0) is 18.3 Å². The van der Waals surface area contributed by atoms with E-state index in [0.29, 0.717) is 10.8 Å². The van der Waals surface area contributed by atoms with E-state index in [0.717, 1.165) is 0 Å². The molecule has 1 saturated heterocycles. The minimum atomic E-state index is -5.53. The number of nitrogens with zero attached hydrogens (tertiary/aromatic N) is 1. The second-order valence-corrected chi connectivity index (χ2v) is 11.3. The van der Waals surface area contributed by atoms with Crippen LogP contribution in [0.3, 0.4) is 0 Å². The molecule has 1 aliphatic rings. The molecular weight excluding hydrogens is 447 g/mol. The normalized spacial score (nSPS) is 21.9. The largest absolute Gasteiger partial charge is 0.415 e. The fourth-order valence-electron chi connectivity index (χ4n) is 3.04. The molecule has 0 aromatic heterocycles. The zero-order valence-electron chi connectivity index (χ0n) is 15.9. The van der Waals surface area contributed by atoms with Crippen molar-refractivity contribution in [2.24, 2.45) is 11.8 Å². The van der Waals surface area contributed by atoms with Gasteiger partial charge in [0.2, 0.25) is 4.75 Å². The van der Waals surface area contributed by atoms with Gasteiger partial charge >= 0.3 is 12.4 Å². The molecule has 0 spiro atoms. The van der Waals surface area contributed by atoms with E-state index in [1.807, 2.05) is 33.8 Å². The summed E-state index contributed by atoms with van der Waals surface area (Å²) in [5, 5.41) is 8.69. The average molecular weight is 471 g/mol. The summed E-state index contributed by atoms with van der Waals surface area (Å²) >= 11 is 0. The minimum absolute atomic E-state index is 0.0238. The van der Waals surface area contributed by atoms with E-state index in [1.165, 1.54) is 0 Å². The van der Waals surface area contributed by atoms with E-state index in [2.05, 4.69) is 0 Å². The molecule has 2 atom stereocenters. The fraction of sp³-hybridized carbons (Fsp3) is 0.938. The van der Waals surface area contributed by atoms with Gasteiger partial charge < -0.3 is 9.05 Å². The van der Waals surface area contributed by atoms with Gasteiger partial charge in [0.15, 0.2) is 8.38 Å². The Bertz CT molecular complexity index is 517. The van der Waals surface area contributed by atoms with E-state index in [-0.39, 0.29) is 53.5 Å². The summed E-state index contributed by atoms with van der Waals surface area (Å²) < 4.78 is 89.3. The van der Waals surface area contributed by atoms with Crippen molar-refractivity contribution in [2.45, 2.75) is 69.4 Å². The Balaban J connectivity index is 3.30. The molecule has 2 unspecified atom stereocenters. The lowest BCUT2D eigenvalue weighted by Crippen LogP contribution is -2.63. The van der Waals surface area contributed by atoms with E-state index in [1.54, 1.807) is 0 Å². The van der Waals surface area contributed by atoms with Gasteiger partial charge in [-0.3, -0.25) is 0 Å². The highest BCUT2D eigenvalue weighted by Gasteiger charge is 2.76. The third-order valence-electron chi connectivity index (χ3n) is 4.22. The number of hydrogen-bond donors (Lipinski definition) is 0. The van der Waals surface area contributed by atoms with Gasteiger partial charge in [-0.1, -0.05) is 49.3 Å². The summed E-state index contributed by atoms with van der Waals surface area (Å²) in [6.07, 6.45) is -13.6. The SMILES string of the molecule is CC(C)C(C(C)C)P(OCCC#N)OC1CCSSC1(C(F)(F)F)C(F)(F)F. The van der Waals surface area contributed by atoms with Crippen molar-refractivity contribution in [3.8, 4) is 6.07 Å². The maximum Gasteiger partial charge on any atom is 0.415 e. The van der Waals surface area contributed by atoms with Crippen molar-refractivity contribution in [1.82, 2.24) is 0 Å². The highest BCUT2D eigenvalue weighted by Crippen LogP contribution is 2.64. The van der Waals surface area contributed by atoms with Crippen LogP contribution < -0.4 is 0 Å². The van der Waals surface area contributed by atoms with Crippen molar-refractivity contribution in [3.05, 3.63) is 0 Å². The Hall–Kier alpha value is 0.120. The van der Waals surface area contributed by atoms with Crippen molar-refractivity contribution >= 4 is 30.0 Å². The van der Waals surface area contributed by atoms with Crippen LogP contribution in [-0.4, -0.2) is 41.2 Å². The standard InChI is InChI=1S/C16H24F6NO2PS2/c1-10(2)13(11(3)4)26(24-8-5-7-23)25-12-6-9-27-28-14(12,15(17,18)19)16(20,21)22/h10-13H,5-6,8-9H2,1-4H3. The van der Waals surface area contributed by atoms with Gasteiger partial charge in [0.25, 0.3) is 0 Å². The molecular formula is C16H24F6NO2PS2. The zero-order chi connectivity index (χ0) is 21.8. The molecule has 0 radical (unpaired) electrons. The summed E-state index contributed by atoms with van der Waals surface area (Å²) in [5.74, 6) is -0.0477. The first kappa shape index (κ1) is 26.2. The Labute approximate surface area is 170 Å². The monoisotopic (exact) mass is 471 g/mol. The van der Waals surface area contributed by atoms with Crippen LogP contribution in [0.2, 0.25) is 0 Å². The smallest absolute Gasteiger partial charge is 0.333 e. The van der Waals surface area contributed by atoms with E-state index in [4.69, 9.17) is 14.3 Å². The number of rotatable bonds is 8. The molecule has 0 aliphatic carbocycles. The Morgan fingerprint density at radius 3 is 2.07 bits per heavy atom. The van der Waals surface area contributed by atoms with Gasteiger partial charge in [0.1, 0.15) is 0 Å². The zero-order valence-corrected chi connectivity index (χ0v) is 18.5. The molecule has 1 fully saturated rings. The molecule has 12 heteroatoms. The van der Waals surface area contributed by atoms with Crippen LogP contribution in [0.25, 0.3) is 0 Å². The van der Waals surface area contributed by atoms with Crippen molar-refractivity contribution in [3.63, 3.8) is 0 Å². The summed E-state index contributed by atoms with van der Waals surface area (Å²) in [6, 6.07) is 1.85. The topological polar surface area (TPSA) is 42.2 Å². The predicted octanol–water partition coefficient (Wildman–Crippen LogP) is 6.94. The Kier molecular flexibility index (Phi) is 9.74. The third-order valence-corrected chi connectivity index (χ3v) is 9.95. The molecule has 28 heavy (non-hydrogen) atoms. The Morgan fingerprint density at radius 1 is 1.11 bits per heavy atom. The van der Waals surface area contributed by atoms with Crippen molar-refractivity contribution in [2.75, 3.05) is 12.4 Å². The van der Waals surface area contributed by atoms with Crippen molar-refractivity contribution < 1.29 is 35.4 Å². The molecule has 164 valence electrons. The van der Waals surface area contributed by atoms with Gasteiger partial charge in [0.05, 0.1) is 25.2 Å². The molecule has 3 nitrogen and oxygen atoms in total. The Morgan fingerprint density at radius 2 is 1.64 bits per heavy atom. The fourth-order valence-corrected chi connectivity index (χ4v) is 8.28. The van der Waals surface area contributed by atoms with Crippen LogP contribution in [0.15, 0.2) is 0 Å². The first-order valence-electron chi connectivity index (χ1n) is 8.69. The molecule has 0 aromatic rings. The molecule has 1 rings (SSSR count). The van der Waals surface area contributed by atoms with Gasteiger partial charge in [-0.2, -0.15) is 31.6 Å². The molecule has 0 N–H and O–H groups in total. The van der Waals surface area contributed by atoms with Crippen molar-refractivity contribution in [1.29, 1.82) is 5.26 Å². The second-order valence-electron chi connectivity index (χ2n) is 7.02. The summed E-state index contributed by atoms with van der Waals surface area (Å²) in [4.78, 5) is 0. The maximum atomic E-state index is 13.7. The van der Waals surface area contributed by atoms with Gasteiger partial charge in [-0.15, -0.1) is 0 Å². The number of nitriles is 1. The minimum Gasteiger partial charge on any atom is -0.333 e. The first-order valence-corrected chi connectivity index (χ1v) is 12.3. The summed E-state index contributed by atoms with van der Waals surface area (Å²) in [7, 11) is -1.74. The second kappa shape index (κ2) is 10.4. The van der Waals surface area contributed by atoms with E-state index < -0.39 is 31.6 Å². The lowest BCUT2D eigenvalue weighted by molar-refractivity contribution is -0.282. The number of alkyl halides is 6. The molecule has 0 saturated carbocycles. The molecule has 1 aliphatic heterocycles. The van der Waals surface area contributed by atoms with E-state index >= 15 is 0 Å². The highest BCUT2D eigenvalue weighted by molar-refractivity contribution is 8.77. The lowest BCUT2D eigenvalue weighted by Gasteiger charge is -2.46. The summed E-state index contributed by atoms with van der Waals surface area (Å²) in [5.41, 5.74) is -0.368. The van der Waals surface area contributed by atoms with Crippen LogP contribution >= 0.6 is 30.0 Å². The average Bonchev–Trinajstić information content (AvgIpc) is 2.52. The lowest BCUT2D eigenvalue weighted by atomic mass is 9.97. The van der Waals surface area contributed by atoms with Gasteiger partial charge in [-0.25, -0.2) is 0 Å². The molecule has 0 aromatic carbocycles. The quantitative estimate of drug-likeness (QED) is 0.166. The predicted molar refractivity (Wildman–Crippen MR) is 101 cm³/mol. The van der Waals surface area contributed by atoms with Crippen LogP contribution in [0.1, 0.15) is 40.5 Å². The van der Waals surface area contributed by atoms with Gasteiger partial charge in [0, 0.05) is 11.4 Å². The first-order chi connectivity index (χ1) is 12.8. The van der Waals surface area contributed by atoms with Crippen LogP contribution in [0.5, 0.6) is 0 Å². The molecule has 0 amide bonds. The number of halogens is 6. The van der Waals surface area contributed by atoms with Crippen LogP contribution in [-0.2, 0) is 9.05 Å². The third kappa shape index (κ3) is 5.84. The number of hydrogen-bond acceptors (Lipinski definition) is 5. The van der Waals surface area contributed by atoms with E-state index in [9.17, 15) is 26.3 Å². The molecule has 1 heterocycles. The summed E-state index contributed by atoms with van der Waals surface area (Å²) in [6.45, 7) is 7.19. The van der Waals surface area contributed by atoms with Crippen LogP contribution in [0.4, 0.5) is 26.3 Å². The maximum absolute atomic E-state index is 13.7. The van der Waals surface area contributed by atoms with Crippen LogP contribution in [0, 0.1) is 23.2 Å². The highest BCUT2D eigenvalue weighted by atomic mass is 33.1.